The van der Waals surface area contributed by atoms with Crippen molar-refractivity contribution in [3.05, 3.63) is 97.2 Å². The molecule has 12 atom stereocenters. The first-order valence-corrected chi connectivity index (χ1v) is 32.5. The maximum absolute atomic E-state index is 13.3. The molecule has 1 amide bonds. The number of rotatable bonds is 51. The first-order valence-electron chi connectivity index (χ1n) is 32.5. The monoisotopic (exact) mass is 1160 g/mol. The van der Waals surface area contributed by atoms with Crippen molar-refractivity contribution in [2.75, 3.05) is 19.8 Å². The molecule has 2 rings (SSSR count). The fraction of sp³-hybridized carbons (Fsp3) is 0.750. The van der Waals surface area contributed by atoms with E-state index in [1.807, 2.05) is 6.08 Å². The summed E-state index contributed by atoms with van der Waals surface area (Å²) in [7, 11) is 0. The minimum atomic E-state index is -1.79. The largest absolute Gasteiger partial charge is 0.394 e. The van der Waals surface area contributed by atoms with Crippen molar-refractivity contribution in [3.63, 3.8) is 0 Å². The minimum absolute atomic E-state index is 0.253. The Hall–Kier alpha value is -3.09. The van der Waals surface area contributed by atoms with Crippen LogP contribution in [0.3, 0.4) is 0 Å². The van der Waals surface area contributed by atoms with E-state index in [4.69, 9.17) is 18.9 Å². The van der Waals surface area contributed by atoms with Crippen molar-refractivity contribution in [2.45, 2.75) is 306 Å². The lowest BCUT2D eigenvalue weighted by atomic mass is 9.97. The molecule has 0 aliphatic carbocycles. The van der Waals surface area contributed by atoms with Crippen LogP contribution in [0.4, 0.5) is 0 Å². The number of ether oxygens (including phenoxy) is 4. The van der Waals surface area contributed by atoms with Crippen LogP contribution in [0.25, 0.3) is 0 Å². The van der Waals surface area contributed by atoms with E-state index in [-0.39, 0.29) is 18.9 Å². The number of hydrogen-bond acceptors (Lipinski definition) is 13. The number of allylic oxidation sites excluding steroid dienone is 15. The SMILES string of the molecule is CC/C=C\C/C=C\C/C=C\C/C=C\C/C=C\C/C=C\C/C=C\CCCCCCCCCC(=O)NC(COC1OC(CO)C(OC2OC(CO)C(O)C(O)C2O)C(O)C1O)C(O)/C=C/CCCCCCCCCCCCCCCCCCC. The molecule has 9 N–H and O–H groups in total. The zero-order valence-electron chi connectivity index (χ0n) is 50.9. The molecular weight excluding hydrogens is 1040 g/mol. The molecule has 12 unspecified atom stereocenters. The van der Waals surface area contributed by atoms with Gasteiger partial charge in [-0.25, -0.2) is 0 Å². The normalized spacial score (nSPS) is 24.6. The van der Waals surface area contributed by atoms with Crippen LogP contribution < -0.4 is 5.32 Å². The average Bonchev–Trinajstić information content (AvgIpc) is 3.65. The van der Waals surface area contributed by atoms with Crippen molar-refractivity contribution in [3.8, 4) is 0 Å². The van der Waals surface area contributed by atoms with Gasteiger partial charge in [-0.1, -0.05) is 246 Å². The summed E-state index contributed by atoms with van der Waals surface area (Å²) < 4.78 is 22.8. The van der Waals surface area contributed by atoms with Gasteiger partial charge < -0.3 is 65.1 Å². The highest BCUT2D eigenvalue weighted by Gasteiger charge is 2.51. The molecular formula is C68H117NO13. The van der Waals surface area contributed by atoms with Gasteiger partial charge in [-0.05, 0) is 77.0 Å². The molecule has 0 spiro atoms. The molecule has 2 aliphatic rings. The molecule has 0 saturated carbocycles. The predicted molar refractivity (Wildman–Crippen MR) is 332 cm³/mol. The Morgan fingerprint density at radius 3 is 1.29 bits per heavy atom. The van der Waals surface area contributed by atoms with E-state index in [9.17, 15) is 45.6 Å². The summed E-state index contributed by atoms with van der Waals surface area (Å²) in [5.74, 6) is -0.253. The van der Waals surface area contributed by atoms with E-state index in [1.165, 1.54) is 103 Å². The summed E-state index contributed by atoms with van der Waals surface area (Å²) in [6.45, 7) is 2.68. The van der Waals surface area contributed by atoms with Crippen LogP contribution >= 0.6 is 0 Å². The van der Waals surface area contributed by atoms with Gasteiger partial charge in [0.2, 0.25) is 5.91 Å². The number of hydrogen-bond donors (Lipinski definition) is 9. The lowest BCUT2D eigenvalue weighted by molar-refractivity contribution is -0.359. The molecule has 0 aromatic carbocycles. The number of carbonyl (C=O) groups is 1. The van der Waals surface area contributed by atoms with Gasteiger partial charge >= 0.3 is 0 Å². The molecule has 14 heteroatoms. The lowest BCUT2D eigenvalue weighted by Crippen LogP contribution is -2.65. The van der Waals surface area contributed by atoms with Gasteiger partial charge in [0, 0.05) is 6.42 Å². The van der Waals surface area contributed by atoms with E-state index in [0.29, 0.717) is 6.42 Å². The summed E-state index contributed by atoms with van der Waals surface area (Å²) in [5, 5.41) is 87.3. The molecule has 0 bridgehead atoms. The van der Waals surface area contributed by atoms with E-state index >= 15 is 0 Å². The van der Waals surface area contributed by atoms with Gasteiger partial charge in [-0.3, -0.25) is 4.79 Å². The first kappa shape index (κ1) is 75.0. The Morgan fingerprint density at radius 2 is 0.841 bits per heavy atom. The van der Waals surface area contributed by atoms with Gasteiger partial charge in [-0.2, -0.15) is 0 Å². The second kappa shape index (κ2) is 52.3. The Labute approximate surface area is 496 Å². The summed E-state index contributed by atoms with van der Waals surface area (Å²) in [6.07, 6.45) is 55.8. The second-order valence-electron chi connectivity index (χ2n) is 22.5. The number of amides is 1. The van der Waals surface area contributed by atoms with E-state index in [0.717, 1.165) is 103 Å². The quantitative estimate of drug-likeness (QED) is 0.0204. The molecule has 2 aliphatic heterocycles. The third-order valence-corrected chi connectivity index (χ3v) is 15.3. The molecule has 2 saturated heterocycles. The summed E-state index contributed by atoms with van der Waals surface area (Å²) in [4.78, 5) is 13.3. The summed E-state index contributed by atoms with van der Waals surface area (Å²) >= 11 is 0. The number of unbranched alkanes of at least 4 members (excludes halogenated alkanes) is 24. The van der Waals surface area contributed by atoms with Crippen LogP contribution in [0.5, 0.6) is 0 Å². The summed E-state index contributed by atoms with van der Waals surface area (Å²) in [6, 6.07) is -0.928. The van der Waals surface area contributed by atoms with Crippen LogP contribution in [0.2, 0.25) is 0 Å². The van der Waals surface area contributed by atoms with Crippen LogP contribution in [0.1, 0.15) is 232 Å². The van der Waals surface area contributed by atoms with Crippen molar-refractivity contribution in [2.24, 2.45) is 0 Å². The van der Waals surface area contributed by atoms with Crippen molar-refractivity contribution < 1.29 is 64.6 Å². The highest BCUT2D eigenvalue weighted by molar-refractivity contribution is 5.76. The maximum Gasteiger partial charge on any atom is 0.220 e. The fourth-order valence-corrected chi connectivity index (χ4v) is 10.1. The molecule has 0 radical (unpaired) electrons. The lowest BCUT2D eigenvalue weighted by Gasteiger charge is -2.46. The smallest absolute Gasteiger partial charge is 0.220 e. The average molecular weight is 1160 g/mol. The Morgan fingerprint density at radius 1 is 0.451 bits per heavy atom. The maximum atomic E-state index is 13.3. The van der Waals surface area contributed by atoms with E-state index < -0.39 is 86.8 Å². The second-order valence-corrected chi connectivity index (χ2v) is 22.5. The van der Waals surface area contributed by atoms with Gasteiger partial charge in [0.05, 0.1) is 32.0 Å². The van der Waals surface area contributed by atoms with Crippen molar-refractivity contribution in [1.82, 2.24) is 5.32 Å². The molecule has 472 valence electrons. The predicted octanol–water partition coefficient (Wildman–Crippen LogP) is 12.2. The van der Waals surface area contributed by atoms with Crippen LogP contribution in [-0.2, 0) is 23.7 Å². The Bertz CT molecular complexity index is 1740. The van der Waals surface area contributed by atoms with E-state index in [1.54, 1.807) is 6.08 Å². The van der Waals surface area contributed by atoms with Crippen LogP contribution in [-0.4, -0.2) is 140 Å². The van der Waals surface area contributed by atoms with Gasteiger partial charge in [0.25, 0.3) is 0 Å². The van der Waals surface area contributed by atoms with Crippen LogP contribution in [0.15, 0.2) is 97.2 Å². The standard InChI is InChI=1S/C68H117NO13/c1-3-5-7-9-11-13-15-17-19-21-23-24-25-26-27-28-29-30-31-32-34-36-38-40-42-44-46-48-50-52-60(73)69-56(57(72)51-49-47-45-43-41-39-37-35-33-22-20-18-16-14-12-10-8-6-4-2)55-79-67-65(78)63(76)66(59(54-71)81-67)82-68-64(77)62(75)61(74)58(53-70)80-68/h5,7,11,13,17,19,23-24,26-27,29-30,32,34,49,51,56-59,61-68,70-72,74-78H,3-4,6,8-10,12,14-16,18,20-22,25,28,31,33,35-48,50,52-55H2,1-2H3,(H,69,73)/b7-5-,13-11-,19-17-,24-23-,27-26-,30-29-,34-32-,51-49+. The fourth-order valence-electron chi connectivity index (χ4n) is 10.1. The third kappa shape index (κ3) is 36.7. The highest BCUT2D eigenvalue weighted by Crippen LogP contribution is 2.30. The van der Waals surface area contributed by atoms with E-state index in [2.05, 4.69) is 104 Å². The first-order chi connectivity index (χ1) is 40.1. The molecule has 0 aromatic heterocycles. The van der Waals surface area contributed by atoms with Gasteiger partial charge in [0.1, 0.15) is 48.8 Å². The van der Waals surface area contributed by atoms with Gasteiger partial charge in [-0.15, -0.1) is 0 Å². The number of aliphatic hydroxyl groups excluding tert-OH is 8. The molecule has 82 heavy (non-hydrogen) atoms. The topological polar surface area (TPSA) is 228 Å². The molecule has 0 aromatic rings. The van der Waals surface area contributed by atoms with Crippen LogP contribution in [0, 0.1) is 0 Å². The number of aliphatic hydroxyl groups is 8. The van der Waals surface area contributed by atoms with Crippen molar-refractivity contribution >= 4 is 5.91 Å². The molecule has 14 nitrogen and oxygen atoms in total. The Kier molecular flexibility index (Phi) is 47.8. The highest BCUT2D eigenvalue weighted by atomic mass is 16.7. The van der Waals surface area contributed by atoms with Gasteiger partial charge in [0.15, 0.2) is 12.6 Å². The number of nitrogens with one attached hydrogen (secondary N) is 1. The zero-order valence-corrected chi connectivity index (χ0v) is 50.9. The minimum Gasteiger partial charge on any atom is -0.394 e. The van der Waals surface area contributed by atoms with Crippen molar-refractivity contribution in [1.29, 1.82) is 0 Å². The molecule has 2 heterocycles. The third-order valence-electron chi connectivity index (χ3n) is 15.3. The Balaban J connectivity index is 1.73. The number of carbonyl (C=O) groups excluding carboxylic acids is 1. The zero-order chi connectivity index (χ0) is 59.5. The molecule has 2 fully saturated rings. The summed E-state index contributed by atoms with van der Waals surface area (Å²) in [5.41, 5.74) is 0.